The fraction of sp³-hybridized carbons (Fsp3) is 0.455. The van der Waals surface area contributed by atoms with E-state index in [0.717, 1.165) is 5.56 Å². The molecule has 0 heterocycles. The van der Waals surface area contributed by atoms with Crippen molar-refractivity contribution < 1.29 is 12.8 Å². The number of hydrogen-bond acceptors (Lipinski definition) is 3. The molecule has 0 saturated heterocycles. The second-order valence-corrected chi connectivity index (χ2v) is 5.39. The van der Waals surface area contributed by atoms with Crippen LogP contribution in [0, 0.1) is 0 Å². The van der Waals surface area contributed by atoms with Crippen LogP contribution in [0.25, 0.3) is 0 Å². The molecule has 3 N–H and O–H groups in total. The van der Waals surface area contributed by atoms with E-state index in [2.05, 4.69) is 5.32 Å². The van der Waals surface area contributed by atoms with Crippen molar-refractivity contribution in [3.8, 4) is 0 Å². The quantitative estimate of drug-likeness (QED) is 0.758. The molecule has 0 spiro atoms. The van der Waals surface area contributed by atoms with Crippen molar-refractivity contribution in [3.63, 3.8) is 0 Å². The lowest BCUT2D eigenvalue weighted by Crippen LogP contribution is -2.20. The molecule has 1 rings (SSSR count). The summed E-state index contributed by atoms with van der Waals surface area (Å²) in [6, 6.07) is 6.39. The van der Waals surface area contributed by atoms with Crippen molar-refractivity contribution in [2.75, 3.05) is 13.2 Å². The van der Waals surface area contributed by atoms with E-state index in [4.69, 9.17) is 5.14 Å². The van der Waals surface area contributed by atoms with Crippen molar-refractivity contribution >= 4 is 10.0 Å². The highest BCUT2D eigenvalue weighted by atomic mass is 32.2. The topological polar surface area (TPSA) is 72.2 Å². The van der Waals surface area contributed by atoms with Gasteiger partial charge in [0.1, 0.15) is 0 Å². The molecule has 0 aliphatic heterocycles. The molecule has 0 bridgehead atoms. The fourth-order valence-electron chi connectivity index (χ4n) is 1.45. The molecule has 0 radical (unpaired) electrons. The molecular formula is C11H17FN2O2S. The molecule has 1 atom stereocenters. The van der Waals surface area contributed by atoms with Crippen molar-refractivity contribution in [1.82, 2.24) is 5.32 Å². The Morgan fingerprint density at radius 3 is 2.41 bits per heavy atom. The Morgan fingerprint density at radius 1 is 1.35 bits per heavy atom. The van der Waals surface area contributed by atoms with Crippen LogP contribution in [0.3, 0.4) is 0 Å². The van der Waals surface area contributed by atoms with E-state index in [0.29, 0.717) is 13.0 Å². The van der Waals surface area contributed by atoms with Gasteiger partial charge in [-0.15, -0.1) is 0 Å². The van der Waals surface area contributed by atoms with Crippen molar-refractivity contribution in [2.24, 2.45) is 5.14 Å². The number of sulfonamides is 1. The third-order valence-electron chi connectivity index (χ3n) is 2.47. The van der Waals surface area contributed by atoms with Gasteiger partial charge in [0.05, 0.1) is 11.6 Å². The van der Waals surface area contributed by atoms with Gasteiger partial charge in [-0.1, -0.05) is 12.1 Å². The molecule has 0 aliphatic carbocycles. The summed E-state index contributed by atoms with van der Waals surface area (Å²) in [7, 11) is -3.64. The molecule has 1 unspecified atom stereocenters. The highest BCUT2D eigenvalue weighted by molar-refractivity contribution is 7.89. The molecule has 0 saturated carbocycles. The lowest BCUT2D eigenvalue weighted by molar-refractivity contribution is 0.446. The summed E-state index contributed by atoms with van der Waals surface area (Å²) in [5.74, 6) is 0. The Kier molecular flexibility index (Phi) is 5.04. The highest BCUT2D eigenvalue weighted by Crippen LogP contribution is 2.15. The number of hydrogen-bond donors (Lipinski definition) is 2. The molecule has 4 nitrogen and oxygen atoms in total. The number of nitrogens with two attached hydrogens (primary N) is 1. The standard InChI is InChI=1S/C11H17FN2O2S/c1-9(14-8-2-7-12)10-3-5-11(6-4-10)17(13,15)16/h3-6,9,14H,2,7-8H2,1H3,(H2,13,15,16). The van der Waals surface area contributed by atoms with Gasteiger partial charge < -0.3 is 5.32 Å². The fourth-order valence-corrected chi connectivity index (χ4v) is 1.96. The van der Waals surface area contributed by atoms with Crippen LogP contribution >= 0.6 is 0 Å². The van der Waals surface area contributed by atoms with E-state index in [1.165, 1.54) is 12.1 Å². The average molecular weight is 260 g/mol. The largest absolute Gasteiger partial charge is 0.310 e. The van der Waals surface area contributed by atoms with E-state index in [-0.39, 0.29) is 17.6 Å². The molecular weight excluding hydrogens is 243 g/mol. The Hall–Kier alpha value is -0.980. The van der Waals surface area contributed by atoms with Crippen LogP contribution in [0.1, 0.15) is 24.9 Å². The van der Waals surface area contributed by atoms with Crippen LogP contribution < -0.4 is 10.5 Å². The highest BCUT2D eigenvalue weighted by Gasteiger charge is 2.09. The van der Waals surface area contributed by atoms with Crippen LogP contribution in [0.5, 0.6) is 0 Å². The number of rotatable bonds is 6. The van der Waals surface area contributed by atoms with E-state index in [1.54, 1.807) is 12.1 Å². The van der Waals surface area contributed by atoms with Gasteiger partial charge in [-0.05, 0) is 37.6 Å². The summed E-state index contributed by atoms with van der Waals surface area (Å²) in [5.41, 5.74) is 0.941. The van der Waals surface area contributed by atoms with Gasteiger partial charge in [0, 0.05) is 6.04 Å². The summed E-state index contributed by atoms with van der Waals surface area (Å²) in [6.45, 7) is 2.18. The molecule has 96 valence electrons. The zero-order valence-electron chi connectivity index (χ0n) is 9.69. The summed E-state index contributed by atoms with van der Waals surface area (Å²) in [6.07, 6.45) is 0.472. The van der Waals surface area contributed by atoms with Crippen LogP contribution in [0.2, 0.25) is 0 Å². The Balaban J connectivity index is 2.67. The second kappa shape index (κ2) is 6.09. The summed E-state index contributed by atoms with van der Waals surface area (Å²) >= 11 is 0. The lowest BCUT2D eigenvalue weighted by atomic mass is 10.1. The smallest absolute Gasteiger partial charge is 0.238 e. The minimum atomic E-state index is -3.64. The number of nitrogens with one attached hydrogen (secondary N) is 1. The van der Waals surface area contributed by atoms with Gasteiger partial charge in [-0.2, -0.15) is 0 Å². The molecule has 6 heteroatoms. The first-order valence-electron chi connectivity index (χ1n) is 5.37. The van der Waals surface area contributed by atoms with Crippen molar-refractivity contribution in [3.05, 3.63) is 29.8 Å². The lowest BCUT2D eigenvalue weighted by Gasteiger charge is -2.13. The first-order chi connectivity index (χ1) is 7.95. The van der Waals surface area contributed by atoms with Crippen LogP contribution in [-0.2, 0) is 10.0 Å². The molecule has 17 heavy (non-hydrogen) atoms. The van der Waals surface area contributed by atoms with Gasteiger partial charge in [0.15, 0.2) is 0 Å². The minimum absolute atomic E-state index is 0.0519. The number of alkyl halides is 1. The van der Waals surface area contributed by atoms with Crippen molar-refractivity contribution in [2.45, 2.75) is 24.3 Å². The summed E-state index contributed by atoms with van der Waals surface area (Å²) in [4.78, 5) is 0.0946. The molecule has 0 fully saturated rings. The van der Waals surface area contributed by atoms with Gasteiger partial charge in [-0.25, -0.2) is 13.6 Å². The first-order valence-corrected chi connectivity index (χ1v) is 6.92. The zero-order valence-corrected chi connectivity index (χ0v) is 10.5. The third-order valence-corrected chi connectivity index (χ3v) is 3.40. The third kappa shape index (κ3) is 4.41. The number of primary sulfonamides is 1. The van der Waals surface area contributed by atoms with Crippen LogP contribution in [0.4, 0.5) is 4.39 Å². The molecule has 1 aromatic rings. The van der Waals surface area contributed by atoms with E-state index in [9.17, 15) is 12.8 Å². The SMILES string of the molecule is CC(NCCCF)c1ccc(S(N)(=O)=O)cc1. The molecule has 0 aromatic heterocycles. The average Bonchev–Trinajstić information content (AvgIpc) is 2.28. The second-order valence-electron chi connectivity index (χ2n) is 3.83. The van der Waals surface area contributed by atoms with Crippen molar-refractivity contribution in [1.29, 1.82) is 0 Å². The van der Waals surface area contributed by atoms with E-state index >= 15 is 0 Å². The van der Waals surface area contributed by atoms with Gasteiger partial charge in [-0.3, -0.25) is 4.39 Å². The monoisotopic (exact) mass is 260 g/mol. The zero-order chi connectivity index (χ0) is 12.9. The normalized spacial score (nSPS) is 13.6. The maximum Gasteiger partial charge on any atom is 0.238 e. The predicted molar refractivity (Wildman–Crippen MR) is 64.8 cm³/mol. The summed E-state index contributed by atoms with van der Waals surface area (Å²) < 4.78 is 34.0. The Bertz CT molecular complexity index is 445. The maximum atomic E-state index is 11.9. The summed E-state index contributed by atoms with van der Waals surface area (Å²) in [5, 5.41) is 8.13. The van der Waals surface area contributed by atoms with Gasteiger partial charge in [0.2, 0.25) is 10.0 Å². The van der Waals surface area contributed by atoms with E-state index < -0.39 is 10.0 Å². The first kappa shape index (κ1) is 14.1. The van der Waals surface area contributed by atoms with Gasteiger partial charge >= 0.3 is 0 Å². The predicted octanol–water partition coefficient (Wildman–Crippen LogP) is 1.34. The number of benzene rings is 1. The molecule has 0 aliphatic rings. The van der Waals surface area contributed by atoms with Crippen LogP contribution in [-0.4, -0.2) is 21.6 Å². The number of halogens is 1. The Morgan fingerprint density at radius 2 is 1.94 bits per heavy atom. The maximum absolute atomic E-state index is 11.9. The van der Waals surface area contributed by atoms with E-state index in [1.807, 2.05) is 6.92 Å². The Labute approximate surface area is 101 Å². The van der Waals surface area contributed by atoms with Gasteiger partial charge in [0.25, 0.3) is 0 Å². The minimum Gasteiger partial charge on any atom is -0.310 e. The molecule has 0 amide bonds. The van der Waals surface area contributed by atoms with Crippen LogP contribution in [0.15, 0.2) is 29.2 Å². The molecule has 1 aromatic carbocycles.